The van der Waals surface area contributed by atoms with Gasteiger partial charge in [-0.3, -0.25) is 19.7 Å². The molecule has 9 heteroatoms. The predicted octanol–water partition coefficient (Wildman–Crippen LogP) is 3.98. The first-order valence-corrected chi connectivity index (χ1v) is 9.54. The molecule has 1 N–H and O–H groups in total. The van der Waals surface area contributed by atoms with Crippen molar-refractivity contribution in [2.45, 2.75) is 26.7 Å². The van der Waals surface area contributed by atoms with Crippen molar-refractivity contribution in [2.75, 3.05) is 11.9 Å². The van der Waals surface area contributed by atoms with E-state index in [1.165, 1.54) is 12.1 Å². The number of rotatable bonds is 8. The lowest BCUT2D eigenvalue weighted by Crippen LogP contribution is -2.21. The molecular weight excluding hydrogens is 402 g/mol. The molecule has 0 atom stereocenters. The first-order valence-electron chi connectivity index (χ1n) is 9.54. The maximum absolute atomic E-state index is 12.0. The molecule has 0 unspecified atom stereocenters. The summed E-state index contributed by atoms with van der Waals surface area (Å²) in [5.41, 5.74) is 2.52. The summed E-state index contributed by atoms with van der Waals surface area (Å²) >= 11 is 0. The fourth-order valence-corrected chi connectivity index (χ4v) is 2.79. The number of oxazole rings is 1. The second-order valence-corrected chi connectivity index (χ2v) is 6.97. The highest BCUT2D eigenvalue weighted by atomic mass is 16.6. The highest BCUT2D eigenvalue weighted by molar-refractivity contribution is 5.94. The molecular formula is C22H21N3O6. The quantitative estimate of drug-likeness (QED) is 0.330. The van der Waals surface area contributed by atoms with E-state index < -0.39 is 23.4 Å². The summed E-state index contributed by atoms with van der Waals surface area (Å²) in [4.78, 5) is 38.6. The lowest BCUT2D eigenvalue weighted by molar-refractivity contribution is -0.384. The van der Waals surface area contributed by atoms with Gasteiger partial charge in [0.05, 0.1) is 17.5 Å². The maximum Gasteiger partial charge on any atom is 0.306 e. The number of carbonyl (C=O) groups is 2. The molecule has 3 aromatic rings. The number of esters is 1. The first kappa shape index (κ1) is 21.7. The minimum Gasteiger partial charge on any atom is -0.456 e. The SMILES string of the molecule is Cc1ccc(-c2cnc(CCC(=O)OCC(=O)Nc3ccc(C)cc3[N+](=O)[O-])o2)cc1. The third-order valence-electron chi connectivity index (χ3n) is 4.42. The first-order chi connectivity index (χ1) is 14.8. The lowest BCUT2D eigenvalue weighted by Gasteiger charge is -2.07. The van der Waals surface area contributed by atoms with Crippen LogP contribution in [0.1, 0.15) is 23.4 Å². The Morgan fingerprint density at radius 2 is 1.84 bits per heavy atom. The van der Waals surface area contributed by atoms with Crippen LogP contribution >= 0.6 is 0 Å². The highest BCUT2D eigenvalue weighted by Crippen LogP contribution is 2.25. The normalized spacial score (nSPS) is 10.5. The van der Waals surface area contributed by atoms with Crippen molar-refractivity contribution >= 4 is 23.3 Å². The molecule has 1 aromatic heterocycles. The second-order valence-electron chi connectivity index (χ2n) is 6.97. The Bertz CT molecular complexity index is 1100. The standard InChI is InChI=1S/C22H21N3O6/c1-14-3-6-16(7-4-14)19-12-23-21(31-19)9-10-22(27)30-13-20(26)24-17-8-5-15(2)11-18(17)25(28)29/h3-8,11-12H,9-10,13H2,1-2H3,(H,24,26). The number of carbonyl (C=O) groups excluding carboxylic acids is 2. The van der Waals surface area contributed by atoms with Crippen LogP contribution in [-0.2, 0) is 20.7 Å². The van der Waals surface area contributed by atoms with E-state index in [0.717, 1.165) is 11.1 Å². The van der Waals surface area contributed by atoms with Crippen molar-refractivity contribution in [3.8, 4) is 11.3 Å². The van der Waals surface area contributed by atoms with Crippen molar-refractivity contribution in [3.63, 3.8) is 0 Å². The molecule has 3 rings (SSSR count). The molecule has 1 heterocycles. The van der Waals surface area contributed by atoms with E-state index >= 15 is 0 Å². The minimum absolute atomic E-state index is 0.0220. The number of aromatic nitrogens is 1. The van der Waals surface area contributed by atoms with Gasteiger partial charge in [-0.05, 0) is 25.5 Å². The van der Waals surface area contributed by atoms with Gasteiger partial charge >= 0.3 is 5.97 Å². The summed E-state index contributed by atoms with van der Waals surface area (Å²) in [6, 6.07) is 12.2. The Balaban J connectivity index is 1.47. The van der Waals surface area contributed by atoms with Gasteiger partial charge in [-0.1, -0.05) is 35.9 Å². The van der Waals surface area contributed by atoms with Crippen LogP contribution in [0.3, 0.4) is 0 Å². The molecule has 0 spiro atoms. The van der Waals surface area contributed by atoms with Crippen molar-refractivity contribution in [1.82, 2.24) is 4.98 Å². The van der Waals surface area contributed by atoms with Gasteiger partial charge in [-0.15, -0.1) is 0 Å². The molecule has 0 bridgehead atoms. The van der Waals surface area contributed by atoms with Gasteiger partial charge in [0.25, 0.3) is 11.6 Å². The zero-order valence-corrected chi connectivity index (χ0v) is 17.1. The van der Waals surface area contributed by atoms with Crippen LogP contribution in [-0.4, -0.2) is 28.4 Å². The number of nitro groups is 1. The summed E-state index contributed by atoms with van der Waals surface area (Å²) in [7, 11) is 0. The van der Waals surface area contributed by atoms with E-state index in [1.54, 1.807) is 19.2 Å². The van der Waals surface area contributed by atoms with Crippen molar-refractivity contribution < 1.29 is 23.7 Å². The minimum atomic E-state index is -0.668. The molecule has 0 fully saturated rings. The molecule has 0 aliphatic heterocycles. The number of hydrogen-bond acceptors (Lipinski definition) is 7. The average molecular weight is 423 g/mol. The van der Waals surface area contributed by atoms with Gasteiger partial charge in [0.15, 0.2) is 18.3 Å². The van der Waals surface area contributed by atoms with Crippen LogP contribution in [0.2, 0.25) is 0 Å². The Morgan fingerprint density at radius 1 is 1.13 bits per heavy atom. The Morgan fingerprint density at radius 3 is 2.55 bits per heavy atom. The van der Waals surface area contributed by atoms with Gasteiger partial charge in [-0.2, -0.15) is 0 Å². The summed E-state index contributed by atoms with van der Waals surface area (Å²) in [6.07, 6.45) is 1.79. The van der Waals surface area contributed by atoms with Crippen LogP contribution in [0, 0.1) is 24.0 Å². The van der Waals surface area contributed by atoms with Crippen LogP contribution in [0.5, 0.6) is 0 Å². The fourth-order valence-electron chi connectivity index (χ4n) is 2.79. The molecule has 2 aromatic carbocycles. The zero-order valence-electron chi connectivity index (χ0n) is 17.1. The number of amides is 1. The van der Waals surface area contributed by atoms with E-state index in [1.807, 2.05) is 31.2 Å². The topological polar surface area (TPSA) is 125 Å². The maximum atomic E-state index is 12.0. The number of anilines is 1. The highest BCUT2D eigenvalue weighted by Gasteiger charge is 2.17. The molecule has 0 aliphatic carbocycles. The van der Waals surface area contributed by atoms with E-state index in [9.17, 15) is 19.7 Å². The summed E-state index contributed by atoms with van der Waals surface area (Å²) in [5.74, 6) is -0.295. The van der Waals surface area contributed by atoms with Crippen molar-refractivity contribution in [3.05, 3.63) is 75.8 Å². The van der Waals surface area contributed by atoms with Gasteiger partial charge in [0, 0.05) is 18.1 Å². The van der Waals surface area contributed by atoms with Crippen LogP contribution in [0.25, 0.3) is 11.3 Å². The smallest absolute Gasteiger partial charge is 0.306 e. The van der Waals surface area contributed by atoms with Gasteiger partial charge in [0.1, 0.15) is 5.69 Å². The van der Waals surface area contributed by atoms with Gasteiger partial charge in [0.2, 0.25) is 0 Å². The fraction of sp³-hybridized carbons (Fsp3) is 0.227. The molecule has 31 heavy (non-hydrogen) atoms. The molecule has 1 amide bonds. The number of nitrogens with one attached hydrogen (secondary N) is 1. The Labute approximate surface area is 178 Å². The molecule has 0 radical (unpaired) electrons. The van der Waals surface area contributed by atoms with Crippen molar-refractivity contribution in [2.24, 2.45) is 0 Å². The molecule has 0 saturated heterocycles. The van der Waals surface area contributed by atoms with Gasteiger partial charge in [-0.25, -0.2) is 4.98 Å². The molecule has 160 valence electrons. The van der Waals surface area contributed by atoms with E-state index in [4.69, 9.17) is 9.15 Å². The Hall–Kier alpha value is -4.01. The third kappa shape index (κ3) is 5.99. The van der Waals surface area contributed by atoms with E-state index in [2.05, 4.69) is 10.3 Å². The number of nitro benzene ring substituents is 1. The van der Waals surface area contributed by atoms with Crippen LogP contribution in [0.15, 0.2) is 53.1 Å². The largest absolute Gasteiger partial charge is 0.456 e. The Kier molecular flexibility index (Phi) is 6.76. The molecule has 0 aliphatic rings. The number of aryl methyl sites for hydroxylation is 3. The summed E-state index contributed by atoms with van der Waals surface area (Å²) in [6.45, 7) is 3.14. The molecule has 9 nitrogen and oxygen atoms in total. The summed E-state index contributed by atoms with van der Waals surface area (Å²) in [5, 5.41) is 13.5. The van der Waals surface area contributed by atoms with E-state index in [-0.39, 0.29) is 24.2 Å². The van der Waals surface area contributed by atoms with Gasteiger partial charge < -0.3 is 14.5 Å². The second kappa shape index (κ2) is 9.66. The van der Waals surface area contributed by atoms with E-state index in [0.29, 0.717) is 17.2 Å². The number of hydrogen-bond donors (Lipinski definition) is 1. The third-order valence-corrected chi connectivity index (χ3v) is 4.42. The number of benzene rings is 2. The lowest BCUT2D eigenvalue weighted by atomic mass is 10.1. The zero-order chi connectivity index (χ0) is 22.4. The van der Waals surface area contributed by atoms with Crippen molar-refractivity contribution in [1.29, 1.82) is 0 Å². The summed E-state index contributed by atoms with van der Waals surface area (Å²) < 4.78 is 10.6. The molecule has 0 saturated carbocycles. The monoisotopic (exact) mass is 423 g/mol. The van der Waals surface area contributed by atoms with Crippen LogP contribution in [0.4, 0.5) is 11.4 Å². The average Bonchev–Trinajstić information content (AvgIpc) is 3.21. The number of nitrogens with zero attached hydrogens (tertiary/aromatic N) is 2. The van der Waals surface area contributed by atoms with Crippen LogP contribution < -0.4 is 5.32 Å². The number of ether oxygens (including phenoxy) is 1. The predicted molar refractivity (Wildman–Crippen MR) is 112 cm³/mol.